The number of hydrogen-bond donors (Lipinski definition) is 9. The van der Waals surface area contributed by atoms with Gasteiger partial charge in [0.25, 0.3) is 0 Å². The summed E-state index contributed by atoms with van der Waals surface area (Å²) in [5.74, 6) is -0.611. The standard InChI is InChI=1S/C82H79N9O9/c1-49-64(67-43-61(98-4)34-37-70(67)83-49)46-76(92)89-73(40-52-16-10-7-11-17-52)80(95)86-58-28-22-55(23-29-58)79(56-24-30-59(31-25-56)87-81(96)74(41-53-18-12-8-13-19-53)90-77(93)47-65-50(2)84-71-38-35-62(99-5)44-68(65)71)57-26-32-60(33-27-57)88-82(97)75(42-54-20-14-9-15-21-54)91-78(94)48-66-51(3)85-72-39-36-63(100-6)45-69(66)72/h7-39,43-45,73-75,79,83-85H,40-42,46-48H2,1-6H3,(H,86,95)(H,87,96)(H,88,97)(H,89,92)(H,90,93)(H,91,94)/t73-,74-,75-/m0/s1. The minimum Gasteiger partial charge on any atom is -0.497 e. The van der Waals surface area contributed by atoms with Gasteiger partial charge in [0, 0.05) is 92.0 Å². The van der Waals surface area contributed by atoms with Gasteiger partial charge in [-0.2, -0.15) is 0 Å². The molecule has 12 rings (SSSR count). The third-order valence-corrected chi connectivity index (χ3v) is 18.3. The molecule has 506 valence electrons. The van der Waals surface area contributed by atoms with E-state index in [1.807, 2.05) is 239 Å². The fourth-order valence-electron chi connectivity index (χ4n) is 13.1. The predicted molar refractivity (Wildman–Crippen MR) is 392 cm³/mol. The monoisotopic (exact) mass is 1330 g/mol. The van der Waals surface area contributed by atoms with Crippen LogP contribution in [0.2, 0.25) is 0 Å². The molecule has 18 heteroatoms. The van der Waals surface area contributed by atoms with Gasteiger partial charge in [0.2, 0.25) is 35.4 Å². The van der Waals surface area contributed by atoms with Crippen molar-refractivity contribution in [1.82, 2.24) is 30.9 Å². The van der Waals surface area contributed by atoms with Crippen LogP contribution in [0.1, 0.15) is 73.1 Å². The lowest BCUT2D eigenvalue weighted by Gasteiger charge is -2.22. The molecule has 9 N–H and O–H groups in total. The zero-order chi connectivity index (χ0) is 69.8. The number of fused-ring (bicyclic) bond motifs is 3. The lowest BCUT2D eigenvalue weighted by Crippen LogP contribution is -2.45. The molecular weight excluding hydrogens is 1250 g/mol. The Morgan fingerprint density at radius 1 is 0.340 bits per heavy atom. The van der Waals surface area contributed by atoms with Gasteiger partial charge in [-0.25, -0.2) is 0 Å². The summed E-state index contributed by atoms with van der Waals surface area (Å²) in [6, 6.07) is 65.3. The average Bonchev–Trinajstić information content (AvgIpc) is 1.19. The lowest BCUT2D eigenvalue weighted by atomic mass is 9.85. The van der Waals surface area contributed by atoms with E-state index >= 15 is 0 Å². The SMILES string of the molecule is COc1ccc2[nH]c(C)c(CC(=O)N[C@@H](Cc3ccccc3)C(=O)Nc3ccc(C(c4ccc(NC(=O)[C@H](Cc5ccccc5)NC(=O)Cc5c(C)[nH]c6ccc(OC)cc56)cc4)c4ccc(NC(=O)[C@H](Cc5ccccc5)NC(=O)Cc5c(C)[nH]c6ccc(OC)cc56)cc4)cc3)c2c1. The molecule has 0 radical (unpaired) electrons. The van der Waals surface area contributed by atoms with E-state index in [1.54, 1.807) is 21.3 Å². The molecule has 3 heterocycles. The van der Waals surface area contributed by atoms with Crippen molar-refractivity contribution in [2.45, 2.75) is 83.3 Å². The Kier molecular flexibility index (Phi) is 21.0. The fraction of sp³-hybridized carbons (Fsp3) is 0.195. The quantitative estimate of drug-likeness (QED) is 0.0222. The number of methoxy groups -OCH3 is 3. The highest BCUT2D eigenvalue weighted by atomic mass is 16.5. The molecule has 0 aliphatic carbocycles. The third-order valence-electron chi connectivity index (χ3n) is 18.3. The first-order chi connectivity index (χ1) is 48.5. The van der Waals surface area contributed by atoms with Gasteiger partial charge in [-0.1, -0.05) is 127 Å². The van der Waals surface area contributed by atoms with E-state index in [0.29, 0.717) is 34.3 Å². The maximum Gasteiger partial charge on any atom is 0.247 e. The topological polar surface area (TPSA) is 250 Å². The molecule has 0 aliphatic heterocycles. The predicted octanol–water partition coefficient (Wildman–Crippen LogP) is 13.0. The van der Waals surface area contributed by atoms with Gasteiger partial charge in [0.15, 0.2) is 0 Å². The van der Waals surface area contributed by atoms with Gasteiger partial charge < -0.3 is 61.1 Å². The van der Waals surface area contributed by atoms with Gasteiger partial charge >= 0.3 is 0 Å². The number of amides is 6. The maximum absolute atomic E-state index is 14.5. The molecule has 3 aromatic heterocycles. The van der Waals surface area contributed by atoms with Gasteiger partial charge in [0.05, 0.1) is 40.6 Å². The van der Waals surface area contributed by atoms with Crippen LogP contribution in [-0.4, -0.2) is 89.8 Å². The molecule has 0 spiro atoms. The molecular formula is C82H79N9O9. The van der Waals surface area contributed by atoms with Gasteiger partial charge in [-0.05, 0) is 162 Å². The van der Waals surface area contributed by atoms with E-state index < -0.39 is 41.8 Å². The van der Waals surface area contributed by atoms with E-state index in [1.165, 1.54) is 0 Å². The highest BCUT2D eigenvalue weighted by Crippen LogP contribution is 2.36. The number of carbonyl (C=O) groups is 6. The summed E-state index contributed by atoms with van der Waals surface area (Å²) in [7, 11) is 4.80. The maximum atomic E-state index is 14.5. The van der Waals surface area contributed by atoms with Crippen LogP contribution in [0.4, 0.5) is 17.1 Å². The molecule has 18 nitrogen and oxygen atoms in total. The second kappa shape index (κ2) is 30.9. The normalized spacial score (nSPS) is 12.2. The summed E-state index contributed by atoms with van der Waals surface area (Å²) < 4.78 is 16.5. The van der Waals surface area contributed by atoms with Crippen molar-refractivity contribution < 1.29 is 43.0 Å². The zero-order valence-corrected chi connectivity index (χ0v) is 56.5. The van der Waals surface area contributed by atoms with Crippen LogP contribution in [-0.2, 0) is 67.3 Å². The Bertz CT molecular complexity index is 4420. The van der Waals surface area contributed by atoms with Crippen molar-refractivity contribution in [3.8, 4) is 17.2 Å². The number of H-pyrrole nitrogens is 3. The Morgan fingerprint density at radius 3 is 0.850 bits per heavy atom. The molecule has 9 aromatic carbocycles. The Morgan fingerprint density at radius 2 is 0.600 bits per heavy atom. The molecule has 12 aromatic rings. The minimum absolute atomic E-state index is 0.0296. The molecule has 0 aliphatic rings. The van der Waals surface area contributed by atoms with Crippen LogP contribution in [0, 0.1) is 20.8 Å². The van der Waals surface area contributed by atoms with Gasteiger partial charge in [-0.3, -0.25) is 28.8 Å². The zero-order valence-electron chi connectivity index (χ0n) is 56.5. The van der Waals surface area contributed by atoms with E-state index in [0.717, 1.165) is 99.9 Å². The third kappa shape index (κ3) is 16.3. The van der Waals surface area contributed by atoms with Crippen LogP contribution in [0.15, 0.2) is 218 Å². The van der Waals surface area contributed by atoms with E-state index in [9.17, 15) is 28.8 Å². The van der Waals surface area contributed by atoms with Crippen LogP contribution in [0.25, 0.3) is 32.7 Å². The Balaban J connectivity index is 0.803. The highest BCUT2D eigenvalue weighted by molar-refractivity contribution is 6.01. The molecule has 3 atom stereocenters. The van der Waals surface area contributed by atoms with E-state index in [4.69, 9.17) is 14.2 Å². The summed E-state index contributed by atoms with van der Waals surface area (Å²) in [4.78, 5) is 95.6. The summed E-state index contributed by atoms with van der Waals surface area (Å²) in [5, 5.41) is 20.9. The second-order valence-corrected chi connectivity index (χ2v) is 25.1. The van der Waals surface area contributed by atoms with Crippen molar-refractivity contribution in [3.05, 3.63) is 286 Å². The van der Waals surface area contributed by atoms with Crippen LogP contribution < -0.4 is 46.1 Å². The fourth-order valence-corrected chi connectivity index (χ4v) is 13.1. The first-order valence-electron chi connectivity index (χ1n) is 33.2. The molecule has 100 heavy (non-hydrogen) atoms. The lowest BCUT2D eigenvalue weighted by molar-refractivity contribution is -0.126. The van der Waals surface area contributed by atoms with Crippen molar-refractivity contribution in [2.75, 3.05) is 37.3 Å². The summed E-state index contributed by atoms with van der Waals surface area (Å²) >= 11 is 0. The van der Waals surface area contributed by atoms with Crippen molar-refractivity contribution >= 4 is 85.2 Å². The molecule has 0 unspecified atom stereocenters. The molecule has 0 bridgehead atoms. The number of anilines is 3. The van der Waals surface area contributed by atoms with E-state index in [2.05, 4.69) is 46.9 Å². The average molecular weight is 1330 g/mol. The second-order valence-electron chi connectivity index (χ2n) is 25.1. The number of rotatable bonds is 27. The molecule has 6 amide bonds. The number of aryl methyl sites for hydroxylation is 3. The van der Waals surface area contributed by atoms with Crippen LogP contribution in [0.5, 0.6) is 17.2 Å². The smallest absolute Gasteiger partial charge is 0.247 e. The number of ether oxygens (including phenoxy) is 3. The Hall–Kier alpha value is -12.2. The minimum atomic E-state index is -0.936. The van der Waals surface area contributed by atoms with Gasteiger partial charge in [0.1, 0.15) is 35.4 Å². The summed E-state index contributed by atoms with van der Waals surface area (Å²) in [6.07, 6.45) is 0.799. The highest BCUT2D eigenvalue weighted by Gasteiger charge is 2.28. The molecule has 0 saturated carbocycles. The molecule has 0 fully saturated rings. The summed E-state index contributed by atoms with van der Waals surface area (Å²) in [5.41, 5.74) is 14.2. The number of carbonyl (C=O) groups excluding carboxylic acids is 6. The largest absolute Gasteiger partial charge is 0.497 e. The number of aromatic amines is 3. The van der Waals surface area contributed by atoms with Crippen molar-refractivity contribution in [3.63, 3.8) is 0 Å². The Labute approximate surface area is 579 Å². The number of nitrogens with one attached hydrogen (secondary N) is 9. The number of aromatic nitrogens is 3. The van der Waals surface area contributed by atoms with Crippen LogP contribution in [0.3, 0.4) is 0 Å². The van der Waals surface area contributed by atoms with Crippen molar-refractivity contribution in [1.29, 1.82) is 0 Å². The first kappa shape index (κ1) is 67.8. The summed E-state index contributed by atoms with van der Waals surface area (Å²) in [6.45, 7) is 5.76. The number of benzene rings is 9. The molecule has 0 saturated heterocycles. The number of hydrogen-bond acceptors (Lipinski definition) is 9. The van der Waals surface area contributed by atoms with Crippen LogP contribution >= 0.6 is 0 Å². The van der Waals surface area contributed by atoms with Gasteiger partial charge in [-0.15, -0.1) is 0 Å². The van der Waals surface area contributed by atoms with E-state index in [-0.39, 0.29) is 56.2 Å². The first-order valence-corrected chi connectivity index (χ1v) is 33.2. The van der Waals surface area contributed by atoms with Crippen molar-refractivity contribution in [2.24, 2.45) is 0 Å².